The average molecular weight is 667 g/mol. The number of hydrogen-bond acceptors (Lipinski definition) is 9. The van der Waals surface area contributed by atoms with Crippen molar-refractivity contribution in [3.8, 4) is 0 Å². The van der Waals surface area contributed by atoms with Crippen LogP contribution in [0, 0.1) is 53.3 Å². The summed E-state index contributed by atoms with van der Waals surface area (Å²) < 4.78 is 4.48. The molecular weight excluding hydrogens is 612 g/mol. The van der Waals surface area contributed by atoms with Crippen molar-refractivity contribution in [1.82, 2.24) is 13.7 Å². The fourth-order valence-electron chi connectivity index (χ4n) is 9.85. The van der Waals surface area contributed by atoms with Gasteiger partial charge < -0.3 is 0 Å². The lowest BCUT2D eigenvalue weighted by Crippen LogP contribution is -2.56. The first-order valence-corrected chi connectivity index (χ1v) is 18.3. The summed E-state index contributed by atoms with van der Waals surface area (Å²) in [7, 11) is 0. The van der Waals surface area contributed by atoms with Crippen LogP contribution in [0.5, 0.6) is 0 Å². The zero-order valence-electron chi connectivity index (χ0n) is 29.1. The molecule has 6 bridgehead atoms. The lowest BCUT2D eigenvalue weighted by Gasteiger charge is -2.26. The van der Waals surface area contributed by atoms with Crippen molar-refractivity contribution in [1.29, 1.82) is 0 Å². The molecule has 9 unspecified atom stereocenters. The molecule has 0 saturated heterocycles. The molecule has 48 heavy (non-hydrogen) atoms. The lowest BCUT2D eigenvalue weighted by atomic mass is 9.88. The molecule has 9 atom stereocenters. The minimum atomic E-state index is -0.320. The summed E-state index contributed by atoms with van der Waals surface area (Å²) >= 11 is 0. The predicted molar refractivity (Wildman–Crippen MR) is 182 cm³/mol. The van der Waals surface area contributed by atoms with E-state index in [1.165, 1.54) is 89.7 Å². The molecule has 264 valence electrons. The zero-order chi connectivity index (χ0) is 34.6. The molecule has 6 fully saturated rings. The molecule has 0 aromatic carbocycles. The van der Waals surface area contributed by atoms with E-state index in [0.29, 0.717) is 74.8 Å². The van der Waals surface area contributed by atoms with Crippen LogP contribution in [-0.2, 0) is 34.0 Å². The first kappa shape index (κ1) is 37.4. The predicted octanol–water partition coefficient (Wildman–Crippen LogP) is 4.51. The van der Waals surface area contributed by atoms with Crippen molar-refractivity contribution in [3.63, 3.8) is 0 Å². The largest absolute Gasteiger partial charge is 0.336 e. The maximum atomic E-state index is 13.6. The maximum absolute atomic E-state index is 13.6. The summed E-state index contributed by atoms with van der Waals surface area (Å²) in [5.74, 6) is 5.62. The Morgan fingerprint density at radius 1 is 0.479 bits per heavy atom. The van der Waals surface area contributed by atoms with Gasteiger partial charge in [-0.05, 0) is 132 Å². The Labute approximate surface area is 282 Å². The summed E-state index contributed by atoms with van der Waals surface area (Å²) in [4.78, 5) is 77.7. The normalized spacial score (nSPS) is 31.2. The molecule has 1 aromatic rings. The fraction of sp³-hybridized carbons (Fsp3) is 0.833. The molecule has 7 rings (SSSR count). The van der Waals surface area contributed by atoms with E-state index in [-0.39, 0.29) is 17.1 Å². The molecule has 6 aliphatic carbocycles. The van der Waals surface area contributed by atoms with Gasteiger partial charge in [-0.1, -0.05) is 19.3 Å². The van der Waals surface area contributed by atoms with Crippen molar-refractivity contribution in [2.45, 2.75) is 117 Å². The topological polar surface area (TPSA) is 154 Å². The Morgan fingerprint density at radius 2 is 0.750 bits per heavy atom. The SMILES string of the molecule is CCN=C=O.CCN=C=O.CCN=C=O.O=c1n(CC2CC3CCC2C3)c(=O)n(CC2CC3CCC2C3)c(=O)n1CC1CC2CCC1C2. The van der Waals surface area contributed by atoms with Crippen molar-refractivity contribution in [2.24, 2.45) is 68.2 Å². The molecule has 12 nitrogen and oxygen atoms in total. The van der Waals surface area contributed by atoms with Crippen LogP contribution in [0.4, 0.5) is 0 Å². The van der Waals surface area contributed by atoms with Crippen LogP contribution in [0.25, 0.3) is 0 Å². The van der Waals surface area contributed by atoms with Gasteiger partial charge in [0, 0.05) is 39.3 Å². The Morgan fingerprint density at radius 3 is 0.896 bits per heavy atom. The van der Waals surface area contributed by atoms with Crippen molar-refractivity contribution in [2.75, 3.05) is 19.6 Å². The van der Waals surface area contributed by atoms with E-state index < -0.39 is 0 Å². The highest BCUT2D eigenvalue weighted by atomic mass is 16.2. The summed E-state index contributed by atoms with van der Waals surface area (Å²) in [6.45, 7) is 8.54. The lowest BCUT2D eigenvalue weighted by molar-refractivity contribution is 0.242. The Balaban J connectivity index is 0.000000294. The van der Waals surface area contributed by atoms with Crippen LogP contribution in [0.15, 0.2) is 29.4 Å². The van der Waals surface area contributed by atoms with Crippen LogP contribution in [-0.4, -0.2) is 51.6 Å². The van der Waals surface area contributed by atoms with Gasteiger partial charge in [0.15, 0.2) is 0 Å². The van der Waals surface area contributed by atoms with Gasteiger partial charge in [-0.3, -0.25) is 0 Å². The number of hydrogen-bond donors (Lipinski definition) is 0. The summed E-state index contributed by atoms with van der Waals surface area (Å²) in [6.07, 6.45) is 19.1. The highest BCUT2D eigenvalue weighted by molar-refractivity contribution is 5.33. The second kappa shape index (κ2) is 18.4. The van der Waals surface area contributed by atoms with Gasteiger partial charge in [-0.2, -0.15) is 0 Å². The van der Waals surface area contributed by atoms with Gasteiger partial charge >= 0.3 is 17.1 Å². The Hall–Kier alpha value is -3.45. The van der Waals surface area contributed by atoms with E-state index in [4.69, 9.17) is 14.4 Å². The monoisotopic (exact) mass is 666 g/mol. The first-order valence-electron chi connectivity index (χ1n) is 18.3. The van der Waals surface area contributed by atoms with Crippen LogP contribution in [0.3, 0.4) is 0 Å². The summed E-state index contributed by atoms with van der Waals surface area (Å²) in [5.41, 5.74) is -0.959. The third-order valence-electron chi connectivity index (χ3n) is 12.0. The average Bonchev–Trinajstić information content (AvgIpc) is 3.95. The number of isocyanates is 3. The molecule has 1 heterocycles. The quantitative estimate of drug-likeness (QED) is 0.279. The second-order valence-electron chi connectivity index (χ2n) is 14.7. The molecule has 6 aliphatic rings. The van der Waals surface area contributed by atoms with Crippen molar-refractivity contribution >= 4 is 18.2 Å². The third-order valence-corrected chi connectivity index (χ3v) is 12.0. The fourth-order valence-corrected chi connectivity index (χ4v) is 9.85. The molecule has 0 spiro atoms. The van der Waals surface area contributed by atoms with E-state index >= 15 is 0 Å². The standard InChI is InChI=1S/C27H39N3O3.3C3H5NO/c31-25-28(13-22-10-16-1-4-19(22)7-16)26(32)30(15-24-12-18-3-6-21(24)9-18)27(33)29(25)14-23-11-17-2-5-20(23)8-17;3*1-2-4-3-5/h16-24H,1-15H2;3*2H2,1H3. The van der Waals surface area contributed by atoms with E-state index in [0.717, 1.165) is 37.0 Å². The van der Waals surface area contributed by atoms with Crippen LogP contribution in [0.1, 0.15) is 97.8 Å². The molecule has 1 aromatic heterocycles. The number of rotatable bonds is 9. The molecule has 6 saturated carbocycles. The van der Waals surface area contributed by atoms with Crippen LogP contribution < -0.4 is 17.1 Å². The molecule has 0 amide bonds. The number of aromatic nitrogens is 3. The molecule has 0 radical (unpaired) electrons. The maximum Gasteiger partial charge on any atom is 0.336 e. The van der Waals surface area contributed by atoms with Gasteiger partial charge in [-0.15, -0.1) is 0 Å². The van der Waals surface area contributed by atoms with Gasteiger partial charge in [0.2, 0.25) is 18.2 Å². The van der Waals surface area contributed by atoms with Gasteiger partial charge in [0.1, 0.15) is 0 Å². The number of nitrogens with zero attached hydrogens (tertiary/aromatic N) is 6. The molecule has 0 aliphatic heterocycles. The number of carbonyl (C=O) groups excluding carboxylic acids is 3. The van der Waals surface area contributed by atoms with Crippen molar-refractivity contribution in [3.05, 3.63) is 31.5 Å². The minimum Gasteiger partial charge on any atom is -0.247 e. The van der Waals surface area contributed by atoms with E-state index in [2.05, 4.69) is 15.0 Å². The highest BCUT2D eigenvalue weighted by Gasteiger charge is 2.43. The summed E-state index contributed by atoms with van der Waals surface area (Å²) in [6, 6.07) is 0. The van der Waals surface area contributed by atoms with E-state index in [1.54, 1.807) is 20.8 Å². The molecule has 0 N–H and O–H groups in total. The molecule has 12 heteroatoms. The smallest absolute Gasteiger partial charge is 0.247 e. The Kier molecular flexibility index (Phi) is 14.3. The molecular formula is C36H54N6O6. The van der Waals surface area contributed by atoms with E-state index in [1.807, 2.05) is 0 Å². The van der Waals surface area contributed by atoms with E-state index in [9.17, 15) is 14.4 Å². The van der Waals surface area contributed by atoms with Gasteiger partial charge in [0.25, 0.3) is 0 Å². The van der Waals surface area contributed by atoms with Gasteiger partial charge in [0.05, 0.1) is 0 Å². The number of fused-ring (bicyclic) bond motifs is 6. The second-order valence-corrected chi connectivity index (χ2v) is 14.7. The highest BCUT2D eigenvalue weighted by Crippen LogP contribution is 2.50. The summed E-state index contributed by atoms with van der Waals surface area (Å²) in [5, 5.41) is 0. The van der Waals surface area contributed by atoms with Crippen molar-refractivity contribution < 1.29 is 14.4 Å². The van der Waals surface area contributed by atoms with Crippen LogP contribution >= 0.6 is 0 Å². The zero-order valence-corrected chi connectivity index (χ0v) is 29.1. The Bertz CT molecular complexity index is 1330. The first-order chi connectivity index (χ1) is 23.3. The minimum absolute atomic E-state index is 0.320. The van der Waals surface area contributed by atoms with Crippen LogP contribution in [0.2, 0.25) is 0 Å². The third kappa shape index (κ3) is 9.16. The van der Waals surface area contributed by atoms with Gasteiger partial charge in [-0.25, -0.2) is 57.4 Å². The number of aliphatic imine (C=N–C) groups is 3.